The number of hydrogen-bond donors (Lipinski definition) is 1. The molecule has 4 rings (SSSR count). The van der Waals surface area contributed by atoms with Crippen LogP contribution in [0.15, 0.2) is 72.9 Å². The smallest absolute Gasteiger partial charge is 0.274 e. The average Bonchev–Trinajstić information content (AvgIpc) is 3.23. The lowest BCUT2D eigenvalue weighted by Gasteiger charge is -2.08. The molecule has 10 nitrogen and oxygen atoms in total. The number of hydrogen-bond acceptors (Lipinski definition) is 7. The normalized spacial score (nSPS) is 10.6. The second-order valence-electron chi connectivity index (χ2n) is 7.17. The Morgan fingerprint density at radius 3 is 2.70 bits per heavy atom. The van der Waals surface area contributed by atoms with Crippen molar-refractivity contribution >= 4 is 11.6 Å². The van der Waals surface area contributed by atoms with E-state index in [1.807, 2.05) is 30.3 Å². The molecule has 0 saturated carbocycles. The molecule has 10 heteroatoms. The summed E-state index contributed by atoms with van der Waals surface area (Å²) in [6.45, 7) is 2.31. The lowest BCUT2D eigenvalue weighted by molar-refractivity contribution is -0.384. The van der Waals surface area contributed by atoms with Gasteiger partial charge in [-0.3, -0.25) is 14.9 Å². The number of amides is 1. The summed E-state index contributed by atoms with van der Waals surface area (Å²) in [6, 6.07) is 19.3. The Hall–Kier alpha value is -4.60. The third-order valence-electron chi connectivity index (χ3n) is 4.88. The summed E-state index contributed by atoms with van der Waals surface area (Å²) in [6.07, 6.45) is 1.62. The molecule has 0 atom stereocenters. The third kappa shape index (κ3) is 5.18. The number of carbonyl (C=O) groups is 1. The van der Waals surface area contributed by atoms with Crippen LogP contribution in [0.3, 0.4) is 0 Å². The lowest BCUT2D eigenvalue weighted by atomic mass is 10.2. The van der Waals surface area contributed by atoms with Crippen LogP contribution in [0, 0.1) is 17.0 Å². The van der Waals surface area contributed by atoms with Crippen molar-refractivity contribution in [2.45, 2.75) is 20.1 Å². The maximum atomic E-state index is 12.7. The number of aromatic nitrogens is 4. The molecule has 1 N–H and O–H groups in total. The summed E-state index contributed by atoms with van der Waals surface area (Å²) in [7, 11) is 0. The first-order chi connectivity index (χ1) is 16.0. The van der Waals surface area contributed by atoms with E-state index >= 15 is 0 Å². The monoisotopic (exact) mass is 444 g/mol. The van der Waals surface area contributed by atoms with Crippen LogP contribution in [0.4, 0.5) is 5.69 Å². The van der Waals surface area contributed by atoms with Crippen LogP contribution < -0.4 is 10.1 Å². The van der Waals surface area contributed by atoms with Gasteiger partial charge in [0.1, 0.15) is 6.61 Å². The number of nitro benzene ring substituents is 1. The molecular weight excluding hydrogens is 424 g/mol. The number of nitro groups is 1. The van der Waals surface area contributed by atoms with E-state index in [0.29, 0.717) is 23.9 Å². The first kappa shape index (κ1) is 21.6. The molecule has 1 amide bonds. The number of pyridine rings is 1. The van der Waals surface area contributed by atoms with Gasteiger partial charge in [-0.15, -0.1) is 5.10 Å². The number of nitrogens with zero attached hydrogens (tertiary/aromatic N) is 5. The van der Waals surface area contributed by atoms with E-state index in [1.54, 1.807) is 37.4 Å². The fourth-order valence-corrected chi connectivity index (χ4v) is 3.16. The van der Waals surface area contributed by atoms with Gasteiger partial charge in [0.15, 0.2) is 5.69 Å². The van der Waals surface area contributed by atoms with Crippen molar-refractivity contribution in [2.75, 3.05) is 0 Å². The number of ether oxygens (including phenoxy) is 1. The molecule has 2 aromatic heterocycles. The first-order valence-corrected chi connectivity index (χ1v) is 10.1. The number of nitrogens with one attached hydrogen (secondary N) is 1. The van der Waals surface area contributed by atoms with E-state index in [1.165, 1.54) is 16.8 Å². The number of rotatable bonds is 8. The van der Waals surface area contributed by atoms with E-state index in [0.717, 1.165) is 11.1 Å². The van der Waals surface area contributed by atoms with E-state index in [9.17, 15) is 14.9 Å². The van der Waals surface area contributed by atoms with Crippen molar-refractivity contribution in [1.82, 2.24) is 25.3 Å². The summed E-state index contributed by atoms with van der Waals surface area (Å²) in [5.74, 6) is 0.0474. The van der Waals surface area contributed by atoms with Crippen LogP contribution in [0.5, 0.6) is 5.88 Å². The minimum atomic E-state index is -0.490. The SMILES string of the molecule is Cc1c(C(=O)NCc2ccnc(OCc3ccccc3)c2)nnn1-c1cccc([N+](=O)[O-])c1. The molecule has 0 bridgehead atoms. The predicted molar refractivity (Wildman–Crippen MR) is 119 cm³/mol. The molecule has 0 saturated heterocycles. The molecule has 4 aromatic rings. The molecule has 0 radical (unpaired) electrons. The molecule has 0 fully saturated rings. The van der Waals surface area contributed by atoms with Crippen LogP contribution in [0.25, 0.3) is 5.69 Å². The van der Waals surface area contributed by atoms with Gasteiger partial charge in [-0.1, -0.05) is 41.6 Å². The Kier molecular flexibility index (Phi) is 6.35. The molecule has 33 heavy (non-hydrogen) atoms. The molecule has 2 heterocycles. The topological polar surface area (TPSA) is 125 Å². The molecule has 2 aromatic carbocycles. The minimum Gasteiger partial charge on any atom is -0.473 e. The van der Waals surface area contributed by atoms with Crippen LogP contribution in [0.2, 0.25) is 0 Å². The zero-order valence-electron chi connectivity index (χ0n) is 17.7. The Morgan fingerprint density at radius 1 is 1.09 bits per heavy atom. The Morgan fingerprint density at radius 2 is 1.91 bits per heavy atom. The van der Waals surface area contributed by atoms with Gasteiger partial charge in [-0.25, -0.2) is 9.67 Å². The van der Waals surface area contributed by atoms with Gasteiger partial charge in [-0.2, -0.15) is 0 Å². The van der Waals surface area contributed by atoms with Crippen molar-refractivity contribution in [1.29, 1.82) is 0 Å². The Balaban J connectivity index is 1.40. The van der Waals surface area contributed by atoms with Crippen molar-refractivity contribution in [3.8, 4) is 11.6 Å². The highest BCUT2D eigenvalue weighted by Gasteiger charge is 2.18. The van der Waals surface area contributed by atoms with Gasteiger partial charge in [0, 0.05) is 30.9 Å². The lowest BCUT2D eigenvalue weighted by Crippen LogP contribution is -2.24. The standard InChI is InChI=1S/C23H20N6O4/c1-16-22(26-27-28(16)19-8-5-9-20(13-19)29(31)32)23(30)25-14-18-10-11-24-21(12-18)33-15-17-6-3-2-4-7-17/h2-13H,14-15H2,1H3,(H,25,30). The van der Waals surface area contributed by atoms with Gasteiger partial charge in [-0.05, 0) is 30.2 Å². The molecule has 0 unspecified atom stereocenters. The maximum absolute atomic E-state index is 12.7. The van der Waals surface area contributed by atoms with Crippen LogP contribution >= 0.6 is 0 Å². The third-order valence-corrected chi connectivity index (χ3v) is 4.88. The highest BCUT2D eigenvalue weighted by molar-refractivity contribution is 5.93. The van der Waals surface area contributed by atoms with Gasteiger partial charge >= 0.3 is 0 Å². The second kappa shape index (κ2) is 9.69. The van der Waals surface area contributed by atoms with E-state index in [-0.39, 0.29) is 17.9 Å². The summed E-state index contributed by atoms with van der Waals surface area (Å²) < 4.78 is 7.12. The number of benzene rings is 2. The first-order valence-electron chi connectivity index (χ1n) is 10.1. The van der Waals surface area contributed by atoms with E-state index in [2.05, 4.69) is 20.6 Å². The average molecular weight is 444 g/mol. The fraction of sp³-hybridized carbons (Fsp3) is 0.130. The molecular formula is C23H20N6O4. The number of carbonyl (C=O) groups excluding carboxylic acids is 1. The molecule has 0 spiro atoms. The zero-order chi connectivity index (χ0) is 23.2. The molecule has 0 aliphatic heterocycles. The van der Waals surface area contributed by atoms with E-state index < -0.39 is 10.8 Å². The summed E-state index contributed by atoms with van der Waals surface area (Å²) in [5.41, 5.74) is 2.81. The molecule has 0 aliphatic rings. The van der Waals surface area contributed by atoms with Gasteiger partial charge < -0.3 is 10.1 Å². The fourth-order valence-electron chi connectivity index (χ4n) is 3.16. The van der Waals surface area contributed by atoms with Crippen molar-refractivity contribution < 1.29 is 14.5 Å². The minimum absolute atomic E-state index is 0.0728. The van der Waals surface area contributed by atoms with Crippen molar-refractivity contribution in [3.63, 3.8) is 0 Å². The Labute approximate surface area is 189 Å². The predicted octanol–water partition coefficient (Wildman–Crippen LogP) is 3.39. The van der Waals surface area contributed by atoms with Gasteiger partial charge in [0.25, 0.3) is 11.6 Å². The maximum Gasteiger partial charge on any atom is 0.274 e. The van der Waals surface area contributed by atoms with Crippen molar-refractivity contribution in [2.24, 2.45) is 0 Å². The molecule has 0 aliphatic carbocycles. The van der Waals surface area contributed by atoms with Crippen LogP contribution in [0.1, 0.15) is 27.3 Å². The highest BCUT2D eigenvalue weighted by Crippen LogP contribution is 2.18. The highest BCUT2D eigenvalue weighted by atomic mass is 16.6. The quantitative estimate of drug-likeness (QED) is 0.326. The second-order valence-corrected chi connectivity index (χ2v) is 7.17. The summed E-state index contributed by atoms with van der Waals surface area (Å²) in [5, 5.41) is 21.8. The van der Waals surface area contributed by atoms with Crippen LogP contribution in [-0.4, -0.2) is 30.8 Å². The molecule has 166 valence electrons. The Bertz CT molecular complexity index is 1290. The van der Waals surface area contributed by atoms with Gasteiger partial charge in [0.05, 0.1) is 16.3 Å². The zero-order valence-corrected chi connectivity index (χ0v) is 17.7. The van der Waals surface area contributed by atoms with Gasteiger partial charge in [0.2, 0.25) is 5.88 Å². The summed E-state index contributed by atoms with van der Waals surface area (Å²) in [4.78, 5) is 27.4. The largest absolute Gasteiger partial charge is 0.473 e. The van der Waals surface area contributed by atoms with E-state index in [4.69, 9.17) is 4.74 Å². The van der Waals surface area contributed by atoms with Crippen molar-refractivity contribution in [3.05, 3.63) is 106 Å². The number of non-ortho nitro benzene ring substituents is 1. The summed E-state index contributed by atoms with van der Waals surface area (Å²) >= 11 is 0. The van der Waals surface area contributed by atoms with Crippen LogP contribution in [-0.2, 0) is 13.2 Å².